The molecule has 2 amide bonds. The van der Waals surface area contributed by atoms with Crippen molar-refractivity contribution in [2.45, 2.75) is 49.6 Å². The van der Waals surface area contributed by atoms with Crippen molar-refractivity contribution in [3.63, 3.8) is 0 Å². The van der Waals surface area contributed by atoms with E-state index < -0.39 is 22.0 Å². The van der Waals surface area contributed by atoms with Gasteiger partial charge in [0.05, 0.1) is 18.4 Å². The van der Waals surface area contributed by atoms with Crippen LogP contribution in [0.4, 0.5) is 5.69 Å². The maximum Gasteiger partial charge on any atom is 0.264 e. The summed E-state index contributed by atoms with van der Waals surface area (Å²) in [6.07, 6.45) is 4.43. The number of carbonyl (C=O) groups is 2. The Bertz CT molecular complexity index is 1500. The number of anilines is 1. The number of nitrogens with one attached hydrogen (secondary N) is 1. The van der Waals surface area contributed by atoms with Crippen molar-refractivity contribution in [3.8, 4) is 5.75 Å². The zero-order valence-corrected chi connectivity index (χ0v) is 22.7. The summed E-state index contributed by atoms with van der Waals surface area (Å²) in [7, 11) is -2.42. The third-order valence-corrected chi connectivity index (χ3v) is 9.10. The molecule has 0 saturated heterocycles. The molecule has 8 nitrogen and oxygen atoms in total. The fourth-order valence-corrected chi connectivity index (χ4v) is 6.69. The molecule has 1 heterocycles. The van der Waals surface area contributed by atoms with Crippen LogP contribution >= 0.6 is 0 Å². The van der Waals surface area contributed by atoms with E-state index in [9.17, 15) is 18.0 Å². The van der Waals surface area contributed by atoms with Gasteiger partial charge in [-0.3, -0.25) is 13.9 Å². The first-order chi connectivity index (χ1) is 18.8. The van der Waals surface area contributed by atoms with E-state index in [-0.39, 0.29) is 23.3 Å². The van der Waals surface area contributed by atoms with E-state index in [0.717, 1.165) is 34.0 Å². The molecule has 0 aromatic heterocycles. The summed E-state index contributed by atoms with van der Waals surface area (Å²) in [5.41, 5.74) is 3.96. The number of benzene rings is 3. The lowest BCUT2D eigenvalue weighted by molar-refractivity contribution is -0.128. The number of nitrogens with zero attached hydrogens (tertiary/aromatic N) is 2. The first kappa shape index (κ1) is 26.5. The summed E-state index contributed by atoms with van der Waals surface area (Å²) < 4.78 is 33.4. The van der Waals surface area contributed by atoms with Crippen molar-refractivity contribution in [2.24, 2.45) is 0 Å². The van der Waals surface area contributed by atoms with E-state index in [1.54, 1.807) is 24.1 Å². The highest BCUT2D eigenvalue weighted by molar-refractivity contribution is 7.89. The predicted octanol–water partition coefficient (Wildman–Crippen LogP) is 3.94. The summed E-state index contributed by atoms with van der Waals surface area (Å²) in [5.74, 6) is -0.0622. The number of amides is 2. The average Bonchev–Trinajstić information content (AvgIpc) is 2.94. The van der Waals surface area contributed by atoms with Crippen LogP contribution in [0.3, 0.4) is 0 Å². The van der Waals surface area contributed by atoms with Crippen LogP contribution in [0.2, 0.25) is 0 Å². The Hall–Kier alpha value is -4.11. The summed E-state index contributed by atoms with van der Waals surface area (Å²) in [4.78, 5) is 28.8. The van der Waals surface area contributed by atoms with Crippen LogP contribution in [-0.4, -0.2) is 43.7 Å². The molecule has 0 fully saturated rings. The predicted molar refractivity (Wildman–Crippen MR) is 149 cm³/mol. The lowest BCUT2D eigenvalue weighted by atomic mass is 9.86. The largest absolute Gasteiger partial charge is 0.497 e. The highest BCUT2D eigenvalue weighted by Gasteiger charge is 2.39. The number of hydrogen-bond acceptors (Lipinski definition) is 5. The smallest absolute Gasteiger partial charge is 0.264 e. The molecule has 0 saturated carbocycles. The molecule has 0 spiro atoms. The maximum atomic E-state index is 14.0. The van der Waals surface area contributed by atoms with Crippen LogP contribution in [0.15, 0.2) is 90.1 Å². The minimum absolute atomic E-state index is 0.0594. The Balaban J connectivity index is 1.45. The molecule has 9 heteroatoms. The van der Waals surface area contributed by atoms with Gasteiger partial charge in [0.15, 0.2) is 0 Å². The van der Waals surface area contributed by atoms with Gasteiger partial charge in [-0.1, -0.05) is 42.0 Å². The molecule has 3 aromatic rings. The highest BCUT2D eigenvalue weighted by Crippen LogP contribution is 2.32. The molecule has 5 rings (SSSR count). The van der Waals surface area contributed by atoms with Gasteiger partial charge in [0.25, 0.3) is 10.0 Å². The Morgan fingerprint density at radius 1 is 1.05 bits per heavy atom. The standard InChI is InChI=1S/C30H31N3O5S/c1-21-8-14-27(15-9-21)39(36,37)32-17-16-31-30(35)28(32)20-29(34)33(24-6-4-3-5-7-24)25-12-10-23-19-26(38-2)13-11-22(23)18-25/h3-9,11,13-17,19,25,28H,10,12,18,20H2,1-2H3,(H,31,35)/t25-,28?/m1/s1. The molecule has 1 aliphatic heterocycles. The van der Waals surface area contributed by atoms with Gasteiger partial charge in [-0.15, -0.1) is 0 Å². The summed E-state index contributed by atoms with van der Waals surface area (Å²) in [6.45, 7) is 1.87. The second-order valence-electron chi connectivity index (χ2n) is 9.82. The monoisotopic (exact) mass is 545 g/mol. The molecule has 39 heavy (non-hydrogen) atoms. The maximum absolute atomic E-state index is 14.0. The van der Waals surface area contributed by atoms with Gasteiger partial charge in [0.1, 0.15) is 11.8 Å². The lowest BCUT2D eigenvalue weighted by Gasteiger charge is -2.37. The van der Waals surface area contributed by atoms with Crippen molar-refractivity contribution in [1.82, 2.24) is 9.62 Å². The molecule has 2 atom stereocenters. The Labute approximate surface area is 228 Å². The van der Waals surface area contributed by atoms with Crippen LogP contribution in [0.5, 0.6) is 5.75 Å². The fraction of sp³-hybridized carbons (Fsp3) is 0.267. The topological polar surface area (TPSA) is 96.0 Å². The number of aryl methyl sites for hydroxylation is 2. The second-order valence-corrected chi connectivity index (χ2v) is 11.7. The number of rotatable bonds is 7. The van der Waals surface area contributed by atoms with Crippen LogP contribution in [-0.2, 0) is 32.5 Å². The van der Waals surface area contributed by atoms with Crippen LogP contribution in [0, 0.1) is 6.92 Å². The van der Waals surface area contributed by atoms with Crippen LogP contribution < -0.4 is 15.0 Å². The molecular weight excluding hydrogens is 514 g/mol. The summed E-state index contributed by atoms with van der Waals surface area (Å²) in [6, 6.07) is 20.4. The van der Waals surface area contributed by atoms with Crippen LogP contribution in [0.1, 0.15) is 29.5 Å². The molecule has 1 unspecified atom stereocenters. The Kier molecular flexibility index (Phi) is 7.43. The van der Waals surface area contributed by atoms with Crippen molar-refractivity contribution in [1.29, 1.82) is 0 Å². The van der Waals surface area contributed by atoms with Gasteiger partial charge in [-0.2, -0.15) is 0 Å². The minimum Gasteiger partial charge on any atom is -0.497 e. The van der Waals surface area contributed by atoms with Gasteiger partial charge in [-0.05, 0) is 73.7 Å². The van der Waals surface area contributed by atoms with E-state index in [1.165, 1.54) is 30.1 Å². The Morgan fingerprint density at radius 2 is 1.79 bits per heavy atom. The number of methoxy groups -OCH3 is 1. The average molecular weight is 546 g/mol. The van der Waals surface area contributed by atoms with Gasteiger partial charge in [-0.25, -0.2) is 8.42 Å². The number of sulfonamides is 1. The number of ether oxygens (including phenoxy) is 1. The van der Waals surface area contributed by atoms with Gasteiger partial charge in [0.2, 0.25) is 11.8 Å². The van der Waals surface area contributed by atoms with E-state index >= 15 is 0 Å². The summed E-state index contributed by atoms with van der Waals surface area (Å²) >= 11 is 0. The van der Waals surface area contributed by atoms with Gasteiger partial charge >= 0.3 is 0 Å². The highest BCUT2D eigenvalue weighted by atomic mass is 32.2. The van der Waals surface area contributed by atoms with Crippen molar-refractivity contribution >= 4 is 27.5 Å². The first-order valence-corrected chi connectivity index (χ1v) is 14.3. The van der Waals surface area contributed by atoms with Crippen LogP contribution in [0.25, 0.3) is 0 Å². The lowest BCUT2D eigenvalue weighted by Crippen LogP contribution is -2.53. The zero-order valence-electron chi connectivity index (χ0n) is 21.9. The second kappa shape index (κ2) is 10.9. The number of carbonyl (C=O) groups excluding carboxylic acids is 2. The van der Waals surface area contributed by atoms with Crippen molar-refractivity contribution < 1.29 is 22.7 Å². The molecular formula is C30H31N3O5S. The molecule has 1 N–H and O–H groups in total. The minimum atomic E-state index is -4.07. The summed E-state index contributed by atoms with van der Waals surface area (Å²) in [5, 5.41) is 2.57. The molecule has 0 bridgehead atoms. The fourth-order valence-electron chi connectivity index (χ4n) is 5.24. The SMILES string of the molecule is COc1ccc2c(c1)CC[C@@H](N(C(=O)CC1C(=O)NC=CN1S(=O)(=O)c1ccc(C)cc1)c1ccccc1)C2. The molecule has 202 valence electrons. The molecule has 1 aliphatic carbocycles. The third kappa shape index (κ3) is 5.40. The number of fused-ring (bicyclic) bond motifs is 1. The molecule has 0 radical (unpaired) electrons. The van der Waals surface area contributed by atoms with E-state index in [2.05, 4.69) is 5.32 Å². The quantitative estimate of drug-likeness (QED) is 0.485. The first-order valence-electron chi connectivity index (χ1n) is 12.9. The van der Waals surface area contributed by atoms with E-state index in [4.69, 9.17) is 4.74 Å². The zero-order chi connectivity index (χ0) is 27.6. The number of para-hydroxylation sites is 1. The van der Waals surface area contributed by atoms with Gasteiger partial charge < -0.3 is 15.0 Å². The van der Waals surface area contributed by atoms with E-state index in [1.807, 2.05) is 55.5 Å². The van der Waals surface area contributed by atoms with Crippen molar-refractivity contribution in [3.05, 3.63) is 102 Å². The van der Waals surface area contributed by atoms with Crippen molar-refractivity contribution in [2.75, 3.05) is 12.0 Å². The molecule has 2 aliphatic rings. The Morgan fingerprint density at radius 3 is 2.51 bits per heavy atom. The van der Waals surface area contributed by atoms with E-state index in [0.29, 0.717) is 12.1 Å². The van der Waals surface area contributed by atoms with Gasteiger partial charge in [0, 0.05) is 24.1 Å². The third-order valence-electron chi connectivity index (χ3n) is 7.31. The number of hydrogen-bond donors (Lipinski definition) is 1. The molecule has 3 aromatic carbocycles. The normalized spacial score (nSPS) is 18.7.